The van der Waals surface area contributed by atoms with Crippen molar-refractivity contribution in [1.82, 2.24) is 14.7 Å². The molecule has 2 aliphatic heterocycles. The van der Waals surface area contributed by atoms with Crippen molar-refractivity contribution in [2.45, 2.75) is 18.4 Å². The summed E-state index contributed by atoms with van der Waals surface area (Å²) >= 11 is 0. The fourth-order valence-electron chi connectivity index (χ4n) is 4.09. The molecule has 0 radical (unpaired) electrons. The lowest BCUT2D eigenvalue weighted by Gasteiger charge is -2.38. The standard InChI is InChI=1S/C22H20N4O3/c27-20-17-8-4-5-9-18(17)22(29-20)11-14-25(15-12-22)21(28)23-19-10-13-26(24-19)16-6-2-1-3-7-16/h1-10,13H,11-12,14-15H2,(H,23,24,28). The van der Waals surface area contributed by atoms with Gasteiger partial charge < -0.3 is 9.64 Å². The monoisotopic (exact) mass is 388 g/mol. The molecule has 3 aromatic rings. The molecule has 7 nitrogen and oxygen atoms in total. The quantitative estimate of drug-likeness (QED) is 0.681. The second-order valence-corrected chi connectivity index (χ2v) is 7.33. The van der Waals surface area contributed by atoms with Gasteiger partial charge in [0.1, 0.15) is 5.60 Å². The summed E-state index contributed by atoms with van der Waals surface area (Å²) in [6.07, 6.45) is 2.98. The van der Waals surface area contributed by atoms with Crippen molar-refractivity contribution in [2.75, 3.05) is 18.4 Å². The van der Waals surface area contributed by atoms with Crippen LogP contribution >= 0.6 is 0 Å². The largest absolute Gasteiger partial charge is 0.450 e. The third-order valence-electron chi connectivity index (χ3n) is 5.63. The third kappa shape index (κ3) is 3.04. The Morgan fingerprint density at radius 1 is 1.00 bits per heavy atom. The van der Waals surface area contributed by atoms with Crippen LogP contribution in [0.5, 0.6) is 0 Å². The predicted octanol–water partition coefficient (Wildman–Crippen LogP) is 3.57. The predicted molar refractivity (Wildman–Crippen MR) is 107 cm³/mol. The maximum Gasteiger partial charge on any atom is 0.339 e. The fraction of sp³-hybridized carbons (Fsp3) is 0.227. The number of likely N-dealkylation sites (tertiary alicyclic amines) is 1. The minimum atomic E-state index is -0.612. The second kappa shape index (κ2) is 6.77. The molecule has 2 aliphatic rings. The molecule has 0 aliphatic carbocycles. The molecule has 1 N–H and O–H groups in total. The van der Waals surface area contributed by atoms with Crippen LogP contribution in [0.3, 0.4) is 0 Å². The van der Waals surface area contributed by atoms with Crippen molar-refractivity contribution in [3.05, 3.63) is 78.0 Å². The highest BCUT2D eigenvalue weighted by Crippen LogP contribution is 2.43. The Morgan fingerprint density at radius 3 is 2.52 bits per heavy atom. The number of fused-ring (bicyclic) bond motifs is 2. The van der Waals surface area contributed by atoms with Crippen molar-refractivity contribution < 1.29 is 14.3 Å². The third-order valence-corrected chi connectivity index (χ3v) is 5.63. The minimum Gasteiger partial charge on any atom is -0.450 e. The summed E-state index contributed by atoms with van der Waals surface area (Å²) < 4.78 is 7.46. The maximum absolute atomic E-state index is 12.7. The Kier molecular flexibility index (Phi) is 4.08. The molecule has 2 aromatic carbocycles. The Labute approximate surface area is 167 Å². The molecular formula is C22H20N4O3. The van der Waals surface area contributed by atoms with Gasteiger partial charge in [-0.05, 0) is 18.2 Å². The Balaban J connectivity index is 1.25. The van der Waals surface area contributed by atoms with Gasteiger partial charge in [-0.25, -0.2) is 14.3 Å². The highest BCUT2D eigenvalue weighted by molar-refractivity contribution is 5.95. The van der Waals surface area contributed by atoms with E-state index in [4.69, 9.17) is 4.74 Å². The number of carbonyl (C=O) groups excluding carboxylic acids is 2. The van der Waals surface area contributed by atoms with Gasteiger partial charge in [0.2, 0.25) is 0 Å². The van der Waals surface area contributed by atoms with Gasteiger partial charge in [-0.15, -0.1) is 5.10 Å². The number of urea groups is 1. The van der Waals surface area contributed by atoms with Crippen LogP contribution < -0.4 is 5.32 Å². The Morgan fingerprint density at radius 2 is 1.72 bits per heavy atom. The first-order valence-corrected chi connectivity index (χ1v) is 9.65. The van der Waals surface area contributed by atoms with Crippen LogP contribution in [0.25, 0.3) is 5.69 Å². The highest BCUT2D eigenvalue weighted by atomic mass is 16.6. The molecule has 5 rings (SSSR count). The number of para-hydroxylation sites is 1. The topological polar surface area (TPSA) is 76.5 Å². The lowest BCUT2D eigenvalue weighted by Crippen LogP contribution is -2.46. The number of rotatable bonds is 2. The molecule has 0 bridgehead atoms. The number of hydrogen-bond donors (Lipinski definition) is 1. The van der Waals surface area contributed by atoms with E-state index in [2.05, 4.69) is 10.4 Å². The van der Waals surface area contributed by atoms with Crippen molar-refractivity contribution in [3.8, 4) is 5.69 Å². The first-order chi connectivity index (χ1) is 14.1. The van der Waals surface area contributed by atoms with Crippen LogP contribution in [0.4, 0.5) is 10.6 Å². The number of aromatic nitrogens is 2. The van der Waals surface area contributed by atoms with Gasteiger partial charge in [-0.2, -0.15) is 0 Å². The zero-order chi connectivity index (χ0) is 19.8. The maximum atomic E-state index is 12.7. The van der Waals surface area contributed by atoms with E-state index >= 15 is 0 Å². The number of carbonyl (C=O) groups is 2. The van der Waals surface area contributed by atoms with E-state index in [-0.39, 0.29) is 12.0 Å². The number of nitrogens with one attached hydrogen (secondary N) is 1. The second-order valence-electron chi connectivity index (χ2n) is 7.33. The average Bonchev–Trinajstić information content (AvgIpc) is 3.33. The van der Waals surface area contributed by atoms with E-state index in [0.29, 0.717) is 37.3 Å². The van der Waals surface area contributed by atoms with Gasteiger partial charge >= 0.3 is 12.0 Å². The van der Waals surface area contributed by atoms with Crippen LogP contribution in [-0.2, 0) is 10.3 Å². The molecule has 29 heavy (non-hydrogen) atoms. The number of hydrogen-bond acceptors (Lipinski definition) is 4. The molecule has 1 fully saturated rings. The summed E-state index contributed by atoms with van der Waals surface area (Å²) in [4.78, 5) is 26.6. The molecule has 0 unspecified atom stereocenters. The van der Waals surface area contributed by atoms with E-state index < -0.39 is 5.60 Å². The molecule has 2 amide bonds. The number of esters is 1. The number of benzene rings is 2. The summed E-state index contributed by atoms with van der Waals surface area (Å²) in [5.74, 6) is 0.224. The summed E-state index contributed by atoms with van der Waals surface area (Å²) in [6, 6.07) is 18.8. The molecule has 1 aromatic heterocycles. The average molecular weight is 388 g/mol. The normalized spacial score (nSPS) is 17.1. The van der Waals surface area contributed by atoms with E-state index in [0.717, 1.165) is 11.3 Å². The van der Waals surface area contributed by atoms with Gasteiger partial charge in [0.25, 0.3) is 0 Å². The van der Waals surface area contributed by atoms with Crippen LogP contribution in [0.2, 0.25) is 0 Å². The van der Waals surface area contributed by atoms with Gasteiger partial charge in [0, 0.05) is 43.8 Å². The zero-order valence-electron chi connectivity index (χ0n) is 15.7. The number of amides is 2. The van der Waals surface area contributed by atoms with E-state index in [1.807, 2.05) is 54.7 Å². The van der Waals surface area contributed by atoms with Crippen molar-refractivity contribution >= 4 is 17.8 Å². The smallest absolute Gasteiger partial charge is 0.339 e. The van der Waals surface area contributed by atoms with Crippen LogP contribution in [0, 0.1) is 0 Å². The van der Waals surface area contributed by atoms with Gasteiger partial charge in [0.05, 0.1) is 11.3 Å². The van der Waals surface area contributed by atoms with Gasteiger partial charge in [0.15, 0.2) is 5.82 Å². The number of piperidine rings is 1. The fourth-order valence-corrected chi connectivity index (χ4v) is 4.09. The first kappa shape index (κ1) is 17.5. The lowest BCUT2D eigenvalue weighted by atomic mass is 9.84. The summed E-state index contributed by atoms with van der Waals surface area (Å²) in [6.45, 7) is 1.01. The number of anilines is 1. The Hall–Kier alpha value is -3.61. The highest BCUT2D eigenvalue weighted by Gasteiger charge is 2.47. The molecule has 0 atom stereocenters. The first-order valence-electron chi connectivity index (χ1n) is 9.65. The lowest BCUT2D eigenvalue weighted by molar-refractivity contribution is -0.0363. The summed E-state index contributed by atoms with van der Waals surface area (Å²) in [5, 5.41) is 7.27. The van der Waals surface area contributed by atoms with Crippen molar-refractivity contribution in [3.63, 3.8) is 0 Å². The van der Waals surface area contributed by atoms with Gasteiger partial charge in [-0.3, -0.25) is 5.32 Å². The Bertz CT molecular complexity index is 1070. The minimum absolute atomic E-state index is 0.198. The van der Waals surface area contributed by atoms with Crippen LogP contribution in [0.1, 0.15) is 28.8 Å². The molecule has 0 saturated carbocycles. The molecule has 1 spiro atoms. The van der Waals surface area contributed by atoms with E-state index in [1.165, 1.54) is 0 Å². The van der Waals surface area contributed by atoms with Crippen molar-refractivity contribution in [1.29, 1.82) is 0 Å². The van der Waals surface area contributed by atoms with Crippen LogP contribution in [0.15, 0.2) is 66.9 Å². The number of nitrogens with zero attached hydrogens (tertiary/aromatic N) is 3. The van der Waals surface area contributed by atoms with Crippen LogP contribution in [-0.4, -0.2) is 39.8 Å². The molecule has 1 saturated heterocycles. The SMILES string of the molecule is O=C1OC2(CCN(C(=O)Nc3ccn(-c4ccccc4)n3)CC2)c2ccccc21. The molecular weight excluding hydrogens is 368 g/mol. The molecule has 3 heterocycles. The van der Waals surface area contributed by atoms with E-state index in [1.54, 1.807) is 21.7 Å². The zero-order valence-corrected chi connectivity index (χ0v) is 15.7. The van der Waals surface area contributed by atoms with E-state index in [9.17, 15) is 9.59 Å². The molecule has 146 valence electrons. The number of ether oxygens (including phenoxy) is 1. The summed E-state index contributed by atoms with van der Waals surface area (Å²) in [5.41, 5.74) is 1.89. The summed E-state index contributed by atoms with van der Waals surface area (Å²) in [7, 11) is 0. The van der Waals surface area contributed by atoms with Crippen molar-refractivity contribution in [2.24, 2.45) is 0 Å². The van der Waals surface area contributed by atoms with Gasteiger partial charge in [-0.1, -0.05) is 36.4 Å². The molecule has 7 heteroatoms.